The van der Waals surface area contributed by atoms with Gasteiger partial charge in [-0.2, -0.15) is 0 Å². The molecule has 2 fully saturated rings. The highest BCUT2D eigenvalue weighted by Gasteiger charge is 2.46. The van der Waals surface area contributed by atoms with E-state index in [1.165, 1.54) is 18.2 Å². The molecule has 8 rings (SSSR count). The molecule has 3 aliphatic rings. The number of aliphatic hydroxyl groups is 1. The van der Waals surface area contributed by atoms with E-state index < -0.39 is 41.1 Å². The largest absolute Gasteiger partial charge is 0.512 e. The molecule has 402 valence electrons. The number of carbonyl (C=O) groups is 7. The van der Waals surface area contributed by atoms with E-state index in [9.17, 15) is 38.7 Å². The molecule has 0 radical (unpaired) electrons. The quantitative estimate of drug-likeness (QED) is 0.0126. The number of benzene rings is 3. The number of carbonyl (C=O) groups excluding carboxylic acids is 7. The zero-order valence-electron chi connectivity index (χ0n) is 43.2. The monoisotopic (exact) mass is 1060 g/mol. The van der Waals surface area contributed by atoms with Gasteiger partial charge >= 0.3 is 6.03 Å². The minimum Gasteiger partial charge on any atom is -0.512 e. The number of ether oxygens (including phenoxy) is 2. The van der Waals surface area contributed by atoms with E-state index in [0.29, 0.717) is 38.2 Å². The topological polar surface area (TPSA) is 257 Å². The van der Waals surface area contributed by atoms with E-state index in [1.54, 1.807) is 29.5 Å². The van der Waals surface area contributed by atoms with Gasteiger partial charge in [0, 0.05) is 81.0 Å². The number of ketones is 1. The van der Waals surface area contributed by atoms with Crippen molar-refractivity contribution < 1.29 is 48.1 Å². The Kier molecular flexibility index (Phi) is 17.9. The molecule has 3 aromatic carbocycles. The molecule has 20 nitrogen and oxygen atoms in total. The van der Waals surface area contributed by atoms with Gasteiger partial charge < -0.3 is 25.2 Å². The lowest BCUT2D eigenvalue weighted by Gasteiger charge is -2.34. The molecule has 2 aromatic heterocycles. The van der Waals surface area contributed by atoms with Crippen LogP contribution in [-0.2, 0) is 19.2 Å². The van der Waals surface area contributed by atoms with Crippen LogP contribution in [0.1, 0.15) is 106 Å². The van der Waals surface area contributed by atoms with Gasteiger partial charge in [-0.05, 0) is 61.7 Å². The molecule has 21 heteroatoms. The first-order chi connectivity index (χ1) is 36.5. The SMILES string of the molecule is CC(C)(C)/C(O)=C/C(=N)NC(=O)Nc1ccc(-c2cn3c(n2)sc2cc(OCCN4CCN(CC(=O)NCCCCCCCCCC(=O)COc5cccc6c5C(=O)N(C5CCC(=O)NC5=O)C6=O)CC4)ccc23)cc1. The number of allylic oxidation sites excluding steroid dienone is 1. The van der Waals surface area contributed by atoms with Crippen molar-refractivity contribution >= 4 is 79.4 Å². The molecule has 6 N–H and O–H groups in total. The highest BCUT2D eigenvalue weighted by molar-refractivity contribution is 7.23. The Morgan fingerprint density at radius 2 is 1.62 bits per heavy atom. The fraction of sp³-hybridized carbons (Fsp3) is 0.436. The third-order valence-corrected chi connectivity index (χ3v) is 14.6. The van der Waals surface area contributed by atoms with Gasteiger partial charge in [0.15, 0.2) is 10.7 Å². The molecule has 7 amide bonds. The minimum absolute atomic E-state index is 0.00335. The molecule has 3 aliphatic heterocycles. The number of anilines is 1. The van der Waals surface area contributed by atoms with E-state index in [1.807, 2.05) is 57.3 Å². The average molecular weight is 1060 g/mol. The molecular weight excluding hydrogens is 993 g/mol. The van der Waals surface area contributed by atoms with Crippen LogP contribution < -0.4 is 30.7 Å². The lowest BCUT2D eigenvalue weighted by atomic mass is 9.93. The van der Waals surface area contributed by atoms with Crippen LogP contribution in [0.3, 0.4) is 0 Å². The van der Waals surface area contributed by atoms with Crippen molar-refractivity contribution in [2.24, 2.45) is 5.41 Å². The first-order valence-electron chi connectivity index (χ1n) is 25.9. The number of piperidine rings is 1. The van der Waals surface area contributed by atoms with E-state index in [4.69, 9.17) is 19.9 Å². The molecule has 0 bridgehead atoms. The summed E-state index contributed by atoms with van der Waals surface area (Å²) in [7, 11) is 0. The summed E-state index contributed by atoms with van der Waals surface area (Å²) >= 11 is 1.58. The average Bonchev–Trinajstić information content (AvgIpc) is 4.10. The predicted molar refractivity (Wildman–Crippen MR) is 288 cm³/mol. The number of unbranched alkanes of at least 4 members (excludes halogenated alkanes) is 6. The summed E-state index contributed by atoms with van der Waals surface area (Å²) < 4.78 is 15.0. The number of aliphatic hydroxyl groups excluding tert-OH is 1. The number of piperazine rings is 1. The molecule has 0 spiro atoms. The van der Waals surface area contributed by atoms with Crippen LogP contribution in [-0.4, -0.2) is 141 Å². The highest BCUT2D eigenvalue weighted by Crippen LogP contribution is 2.35. The summed E-state index contributed by atoms with van der Waals surface area (Å²) in [6.07, 6.45) is 10.2. The van der Waals surface area contributed by atoms with Crippen molar-refractivity contribution in [1.82, 2.24) is 40.0 Å². The summed E-state index contributed by atoms with van der Waals surface area (Å²) in [6.45, 7) is 10.9. The highest BCUT2D eigenvalue weighted by atomic mass is 32.1. The number of imidazole rings is 1. The Morgan fingerprint density at radius 3 is 2.36 bits per heavy atom. The summed E-state index contributed by atoms with van der Waals surface area (Å²) in [5, 5.41) is 28.4. The summed E-state index contributed by atoms with van der Waals surface area (Å²) in [4.78, 5) is 99.2. The maximum Gasteiger partial charge on any atom is 0.324 e. The van der Waals surface area contributed by atoms with Crippen molar-refractivity contribution in [2.75, 3.05) is 64.3 Å². The van der Waals surface area contributed by atoms with Crippen LogP contribution in [0, 0.1) is 10.8 Å². The van der Waals surface area contributed by atoms with Crippen LogP contribution in [0.15, 0.2) is 78.7 Å². The number of rotatable bonds is 23. The molecule has 5 heterocycles. The smallest absolute Gasteiger partial charge is 0.324 e. The van der Waals surface area contributed by atoms with E-state index in [2.05, 4.69) is 35.5 Å². The van der Waals surface area contributed by atoms with Crippen molar-refractivity contribution in [3.8, 4) is 22.8 Å². The minimum atomic E-state index is -1.08. The number of Topliss-reactive ketones (excluding diaryl/α,β-unsaturated/α-hetero) is 1. The Morgan fingerprint density at radius 1 is 0.895 bits per heavy atom. The number of aromatic nitrogens is 2. The normalized spacial score (nSPS) is 16.5. The molecule has 76 heavy (non-hydrogen) atoms. The number of urea groups is 1. The number of thiazole rings is 1. The van der Waals surface area contributed by atoms with E-state index in [-0.39, 0.29) is 59.6 Å². The van der Waals surface area contributed by atoms with Gasteiger partial charge in [-0.1, -0.05) is 82.4 Å². The zero-order valence-corrected chi connectivity index (χ0v) is 44.0. The van der Waals surface area contributed by atoms with Crippen molar-refractivity contribution in [3.05, 3.63) is 89.8 Å². The second-order valence-electron chi connectivity index (χ2n) is 20.4. The van der Waals surface area contributed by atoms with Crippen LogP contribution >= 0.6 is 11.3 Å². The molecule has 1 unspecified atom stereocenters. The van der Waals surface area contributed by atoms with E-state index in [0.717, 1.165) is 108 Å². The lowest BCUT2D eigenvalue weighted by Crippen LogP contribution is -2.54. The number of fused-ring (bicyclic) bond motifs is 4. The number of nitrogens with zero attached hydrogens (tertiary/aromatic N) is 5. The number of nitrogens with one attached hydrogen (secondary N) is 5. The Hall–Kier alpha value is -7.49. The number of hydrogen-bond acceptors (Lipinski definition) is 15. The summed E-state index contributed by atoms with van der Waals surface area (Å²) in [5.41, 5.74) is 2.84. The van der Waals surface area contributed by atoms with Crippen LogP contribution in [0.2, 0.25) is 0 Å². The van der Waals surface area contributed by atoms with Crippen molar-refractivity contribution in [2.45, 2.75) is 91.0 Å². The van der Waals surface area contributed by atoms with Crippen LogP contribution in [0.25, 0.3) is 26.4 Å². The molecule has 2 saturated heterocycles. The molecule has 1 atom stereocenters. The van der Waals surface area contributed by atoms with Crippen molar-refractivity contribution in [3.63, 3.8) is 0 Å². The molecular formula is C55H66N10O10S. The second kappa shape index (κ2) is 24.9. The van der Waals surface area contributed by atoms with Crippen LogP contribution in [0.4, 0.5) is 10.5 Å². The Bertz CT molecular complexity index is 3020. The first kappa shape index (κ1) is 54.8. The van der Waals surface area contributed by atoms with Crippen molar-refractivity contribution in [1.29, 1.82) is 5.41 Å². The van der Waals surface area contributed by atoms with Gasteiger partial charge in [-0.25, -0.2) is 9.78 Å². The Labute approximate surface area is 444 Å². The first-order valence-corrected chi connectivity index (χ1v) is 26.8. The lowest BCUT2D eigenvalue weighted by molar-refractivity contribution is -0.136. The Balaban J connectivity index is 0.642. The number of hydrogen-bond donors (Lipinski definition) is 6. The zero-order chi connectivity index (χ0) is 53.9. The fourth-order valence-corrected chi connectivity index (χ4v) is 10.3. The maximum absolute atomic E-state index is 13.3. The standard InChI is InChI=1S/C55H66N10O10S/c1-55(2,3)45(67)31-46(56)60-53(73)58-36-17-15-35(16-18-36)40-32-64-41-20-19-38(30-44(41)76-54(64)59-40)74-29-28-62-24-26-63(27-25-62)33-48(69)57-23-10-8-6-4-5-7-9-12-37(66)34-75-43-14-11-13-39-49(43)52(72)65(51(39)71)42-21-22-47(68)61-50(42)70/h11,13-20,30-32,42,67H,4-10,12,21-29,33-34H2,1-3H3,(H,57,69)(H,61,68,70)(H3,56,58,60,73)/b45-31-. The summed E-state index contributed by atoms with van der Waals surface area (Å²) in [5.74, 6) is -1.83. The number of amidine groups is 1. The molecule has 5 aromatic rings. The third-order valence-electron chi connectivity index (χ3n) is 13.6. The van der Waals surface area contributed by atoms with Gasteiger partial charge in [0.1, 0.15) is 42.3 Å². The fourth-order valence-electron chi connectivity index (χ4n) is 9.22. The summed E-state index contributed by atoms with van der Waals surface area (Å²) in [6, 6.07) is 16.3. The third kappa shape index (κ3) is 14.1. The molecule has 0 aliphatic carbocycles. The predicted octanol–water partition coefficient (Wildman–Crippen LogP) is 7.09. The van der Waals surface area contributed by atoms with Gasteiger partial charge in [0.05, 0.1) is 33.6 Å². The molecule has 0 saturated carbocycles. The van der Waals surface area contributed by atoms with Gasteiger partial charge in [-0.3, -0.25) is 63.9 Å². The number of amides is 7. The van der Waals surface area contributed by atoms with Gasteiger partial charge in [0.2, 0.25) is 17.7 Å². The maximum atomic E-state index is 13.3. The van der Waals surface area contributed by atoms with Crippen LogP contribution in [0.5, 0.6) is 11.5 Å². The van der Waals surface area contributed by atoms with Gasteiger partial charge in [-0.15, -0.1) is 0 Å². The van der Waals surface area contributed by atoms with Gasteiger partial charge in [0.25, 0.3) is 11.8 Å². The second-order valence-corrected chi connectivity index (χ2v) is 21.4. The number of imide groups is 2. The van der Waals surface area contributed by atoms with E-state index >= 15 is 0 Å².